The fraction of sp³-hybridized carbons (Fsp3) is 0.812. The third kappa shape index (κ3) is 6.03. The van der Waals surface area contributed by atoms with Crippen LogP contribution in [0.15, 0.2) is 4.99 Å². The molecule has 25 heavy (non-hydrogen) atoms. The molecule has 1 fully saturated rings. The summed E-state index contributed by atoms with van der Waals surface area (Å²) in [6.45, 7) is 7.51. The van der Waals surface area contributed by atoms with E-state index in [9.17, 15) is 14.4 Å². The van der Waals surface area contributed by atoms with Crippen LogP contribution >= 0.6 is 0 Å². The minimum Gasteiger partial charge on any atom is -0.452 e. The molecular formula is C16H27N3O6. The second-order valence-corrected chi connectivity index (χ2v) is 7.23. The molecule has 0 aliphatic heterocycles. The Morgan fingerprint density at radius 3 is 2.44 bits per heavy atom. The van der Waals surface area contributed by atoms with Crippen molar-refractivity contribution in [1.29, 1.82) is 0 Å². The van der Waals surface area contributed by atoms with Crippen LogP contribution in [0.4, 0.5) is 9.59 Å². The Hall–Kier alpha value is -2.12. The van der Waals surface area contributed by atoms with Crippen molar-refractivity contribution in [3.05, 3.63) is 0 Å². The molecule has 1 saturated carbocycles. The molecule has 0 bridgehead atoms. The predicted octanol–water partition coefficient (Wildman–Crippen LogP) is 2.36. The maximum Gasteiger partial charge on any atom is 0.431 e. The number of ether oxygens (including phenoxy) is 3. The second-order valence-electron chi connectivity index (χ2n) is 7.23. The SMILES string of the molecule is COC(=O)NN(C(=O)OC(C)N=C=O)C1CC(C)(C)CC(C)(OC)C1. The molecule has 0 saturated heterocycles. The lowest BCUT2D eigenvalue weighted by molar-refractivity contribution is -0.0916. The van der Waals surface area contributed by atoms with Crippen LogP contribution in [0.3, 0.4) is 0 Å². The van der Waals surface area contributed by atoms with Gasteiger partial charge < -0.3 is 14.2 Å². The number of nitrogens with one attached hydrogen (secondary N) is 1. The molecule has 9 nitrogen and oxygen atoms in total. The zero-order valence-corrected chi connectivity index (χ0v) is 15.6. The topological polar surface area (TPSA) is 107 Å². The number of methoxy groups -OCH3 is 2. The number of hydrazine groups is 1. The fourth-order valence-corrected chi connectivity index (χ4v) is 3.44. The number of aliphatic imine (C=N–C) groups is 1. The quantitative estimate of drug-likeness (QED) is 0.470. The van der Waals surface area contributed by atoms with Gasteiger partial charge in [0.1, 0.15) is 0 Å². The van der Waals surface area contributed by atoms with E-state index in [4.69, 9.17) is 9.47 Å². The van der Waals surface area contributed by atoms with Crippen molar-refractivity contribution in [2.24, 2.45) is 10.4 Å². The van der Waals surface area contributed by atoms with Crippen LogP contribution < -0.4 is 5.43 Å². The highest BCUT2D eigenvalue weighted by molar-refractivity contribution is 5.74. The molecule has 3 atom stereocenters. The van der Waals surface area contributed by atoms with E-state index < -0.39 is 24.0 Å². The number of nitrogens with zero attached hydrogens (tertiary/aromatic N) is 2. The molecule has 0 aromatic rings. The molecule has 1 N–H and O–H groups in total. The number of carbonyl (C=O) groups is 2. The summed E-state index contributed by atoms with van der Waals surface area (Å²) in [5.41, 5.74) is 1.79. The van der Waals surface area contributed by atoms with Gasteiger partial charge in [-0.15, -0.1) is 0 Å². The van der Waals surface area contributed by atoms with Crippen molar-refractivity contribution in [3.8, 4) is 0 Å². The summed E-state index contributed by atoms with van der Waals surface area (Å²) in [6, 6.07) is -0.382. The third-order valence-electron chi connectivity index (χ3n) is 4.27. The number of hydrogen-bond donors (Lipinski definition) is 1. The van der Waals surface area contributed by atoms with Crippen LogP contribution in [0.1, 0.15) is 47.0 Å². The number of hydrogen-bond acceptors (Lipinski definition) is 7. The summed E-state index contributed by atoms with van der Waals surface area (Å²) in [5.74, 6) is 0. The lowest BCUT2D eigenvalue weighted by atomic mass is 9.68. The predicted molar refractivity (Wildman–Crippen MR) is 88.3 cm³/mol. The monoisotopic (exact) mass is 357 g/mol. The van der Waals surface area contributed by atoms with Gasteiger partial charge >= 0.3 is 12.2 Å². The first-order valence-electron chi connectivity index (χ1n) is 8.02. The Morgan fingerprint density at radius 1 is 1.28 bits per heavy atom. The van der Waals surface area contributed by atoms with E-state index in [2.05, 4.69) is 29.0 Å². The van der Waals surface area contributed by atoms with Gasteiger partial charge in [0, 0.05) is 7.11 Å². The maximum atomic E-state index is 12.5. The summed E-state index contributed by atoms with van der Waals surface area (Å²) < 4.78 is 15.3. The highest BCUT2D eigenvalue weighted by Crippen LogP contribution is 2.44. The van der Waals surface area contributed by atoms with Crippen LogP contribution in [0, 0.1) is 5.41 Å². The molecule has 0 aromatic heterocycles. The summed E-state index contributed by atoms with van der Waals surface area (Å²) in [7, 11) is 2.82. The maximum absolute atomic E-state index is 12.5. The molecule has 1 aliphatic carbocycles. The summed E-state index contributed by atoms with van der Waals surface area (Å²) >= 11 is 0. The summed E-state index contributed by atoms with van der Waals surface area (Å²) in [5, 5.41) is 1.08. The third-order valence-corrected chi connectivity index (χ3v) is 4.27. The first-order valence-corrected chi connectivity index (χ1v) is 8.02. The Kier molecular flexibility index (Phi) is 6.96. The van der Waals surface area contributed by atoms with Crippen molar-refractivity contribution in [2.75, 3.05) is 14.2 Å². The van der Waals surface area contributed by atoms with Crippen molar-refractivity contribution in [3.63, 3.8) is 0 Å². The number of rotatable bonds is 4. The molecule has 142 valence electrons. The van der Waals surface area contributed by atoms with Crippen molar-refractivity contribution in [1.82, 2.24) is 10.4 Å². The van der Waals surface area contributed by atoms with Gasteiger partial charge in [0.05, 0.1) is 18.8 Å². The number of amides is 2. The molecule has 0 spiro atoms. The van der Waals surface area contributed by atoms with Crippen LogP contribution in [0.25, 0.3) is 0 Å². The number of isocyanates is 1. The largest absolute Gasteiger partial charge is 0.452 e. The van der Waals surface area contributed by atoms with Crippen LogP contribution in [0.2, 0.25) is 0 Å². The molecule has 3 unspecified atom stereocenters. The highest BCUT2D eigenvalue weighted by Gasteiger charge is 2.45. The van der Waals surface area contributed by atoms with Crippen LogP contribution in [0.5, 0.6) is 0 Å². The van der Waals surface area contributed by atoms with Gasteiger partial charge in [-0.2, -0.15) is 4.99 Å². The lowest BCUT2D eigenvalue weighted by Gasteiger charge is -2.48. The van der Waals surface area contributed by atoms with E-state index >= 15 is 0 Å². The Labute approximate surface area is 147 Å². The Bertz CT molecular complexity index is 546. The second kappa shape index (κ2) is 8.31. The Balaban J connectivity index is 3.06. The van der Waals surface area contributed by atoms with E-state index in [0.29, 0.717) is 12.8 Å². The first-order chi connectivity index (χ1) is 11.6. The average molecular weight is 357 g/mol. The minimum atomic E-state index is -1.02. The molecule has 0 radical (unpaired) electrons. The smallest absolute Gasteiger partial charge is 0.431 e. The molecule has 0 aromatic carbocycles. The van der Waals surface area contributed by atoms with E-state index in [1.54, 1.807) is 7.11 Å². The Morgan fingerprint density at radius 2 is 1.92 bits per heavy atom. The average Bonchev–Trinajstić information content (AvgIpc) is 2.50. The summed E-state index contributed by atoms with van der Waals surface area (Å²) in [6.07, 6.45) is 0.599. The minimum absolute atomic E-state index is 0.128. The van der Waals surface area contributed by atoms with E-state index in [1.165, 1.54) is 20.1 Å². The zero-order valence-electron chi connectivity index (χ0n) is 15.6. The molecule has 1 rings (SSSR count). The van der Waals surface area contributed by atoms with Crippen LogP contribution in [-0.2, 0) is 19.0 Å². The molecule has 2 amide bonds. The zero-order chi connectivity index (χ0) is 19.3. The molecular weight excluding hydrogens is 330 g/mol. The van der Waals surface area contributed by atoms with Gasteiger partial charge in [-0.25, -0.2) is 24.8 Å². The number of carbonyl (C=O) groups excluding carboxylic acids is 3. The summed E-state index contributed by atoms with van der Waals surface area (Å²) in [4.78, 5) is 37.8. The van der Waals surface area contributed by atoms with Gasteiger partial charge in [-0.3, -0.25) is 0 Å². The van der Waals surface area contributed by atoms with Gasteiger partial charge in [-0.1, -0.05) is 13.8 Å². The van der Waals surface area contributed by atoms with Gasteiger partial charge in [0.2, 0.25) is 12.3 Å². The molecule has 0 heterocycles. The van der Waals surface area contributed by atoms with E-state index in [-0.39, 0.29) is 11.5 Å². The highest BCUT2D eigenvalue weighted by atomic mass is 16.6. The van der Waals surface area contributed by atoms with Crippen molar-refractivity contribution in [2.45, 2.75) is 64.8 Å². The fourth-order valence-electron chi connectivity index (χ4n) is 3.44. The van der Waals surface area contributed by atoms with Crippen molar-refractivity contribution < 1.29 is 28.6 Å². The lowest BCUT2D eigenvalue weighted by Crippen LogP contribution is -2.58. The van der Waals surface area contributed by atoms with E-state index in [0.717, 1.165) is 11.4 Å². The molecule has 9 heteroatoms. The van der Waals surface area contributed by atoms with Gasteiger partial charge in [-0.05, 0) is 38.5 Å². The van der Waals surface area contributed by atoms with Crippen LogP contribution in [-0.4, -0.2) is 55.4 Å². The normalized spacial score (nSPS) is 25.9. The van der Waals surface area contributed by atoms with Gasteiger partial charge in [0.25, 0.3) is 0 Å². The first kappa shape index (κ1) is 20.9. The standard InChI is InChI=1S/C16H27N3O6/c1-11(17-10-20)25-14(22)19(18-13(21)23-5)12-7-15(2,3)9-16(4,8-12)24-6/h11-12H,7-9H2,1-6H3,(H,18,21). The van der Waals surface area contributed by atoms with Gasteiger partial charge in [0.15, 0.2) is 0 Å². The molecule has 1 aliphatic rings. The van der Waals surface area contributed by atoms with E-state index in [1.807, 2.05) is 6.92 Å². The van der Waals surface area contributed by atoms with Crippen molar-refractivity contribution >= 4 is 18.3 Å².